The lowest BCUT2D eigenvalue weighted by molar-refractivity contribution is -0.385. The third kappa shape index (κ3) is 3.35. The summed E-state index contributed by atoms with van der Waals surface area (Å²) in [4.78, 5) is 20.9. The van der Waals surface area contributed by atoms with E-state index in [-0.39, 0.29) is 5.75 Å². The van der Waals surface area contributed by atoms with E-state index in [0.717, 1.165) is 6.07 Å². The van der Waals surface area contributed by atoms with Crippen LogP contribution in [0.5, 0.6) is 5.75 Å². The molecule has 0 unspecified atom stereocenters. The van der Waals surface area contributed by atoms with Gasteiger partial charge >= 0.3 is 5.97 Å². The van der Waals surface area contributed by atoms with Crippen LogP contribution in [0.2, 0.25) is 0 Å². The second kappa shape index (κ2) is 6.09. The maximum Gasteiger partial charge on any atom is 0.346 e. The van der Waals surface area contributed by atoms with E-state index in [2.05, 4.69) is 0 Å². The molecule has 0 fully saturated rings. The number of hydrogen-bond donors (Lipinski definition) is 1. The number of ether oxygens (including phenoxy) is 1. The molecule has 0 spiro atoms. The van der Waals surface area contributed by atoms with Gasteiger partial charge in [-0.3, -0.25) is 10.1 Å². The number of benzene rings is 1. The number of rotatable bonds is 6. The summed E-state index contributed by atoms with van der Waals surface area (Å²) < 4.78 is 5.22. The zero-order chi connectivity index (χ0) is 12.8. The number of nitro groups is 1. The summed E-state index contributed by atoms with van der Waals surface area (Å²) in [7, 11) is 0. The van der Waals surface area contributed by atoms with Crippen LogP contribution in [0.3, 0.4) is 0 Å². The van der Waals surface area contributed by atoms with E-state index in [4.69, 9.17) is 9.84 Å². The molecule has 0 aliphatic heterocycles. The van der Waals surface area contributed by atoms with Gasteiger partial charge in [-0.15, -0.1) is 0 Å². The minimum Gasteiger partial charge on any atom is -0.492 e. The summed E-state index contributed by atoms with van der Waals surface area (Å²) in [5.41, 5.74) is -0.863. The summed E-state index contributed by atoms with van der Waals surface area (Å²) >= 11 is 1.54. The van der Waals surface area contributed by atoms with E-state index in [9.17, 15) is 14.9 Å². The van der Waals surface area contributed by atoms with Crippen molar-refractivity contribution in [3.8, 4) is 5.75 Å². The smallest absolute Gasteiger partial charge is 0.346 e. The molecule has 6 nitrogen and oxygen atoms in total. The monoisotopic (exact) mass is 257 g/mol. The Morgan fingerprint density at radius 2 is 2.29 bits per heavy atom. The van der Waals surface area contributed by atoms with Gasteiger partial charge in [-0.05, 0) is 12.3 Å². The molecule has 0 atom stereocenters. The van der Waals surface area contributed by atoms with E-state index in [1.54, 1.807) is 0 Å². The Hall–Kier alpha value is -1.76. The third-order valence-electron chi connectivity index (χ3n) is 1.96. The highest BCUT2D eigenvalue weighted by molar-refractivity contribution is 7.98. The Kier molecular flexibility index (Phi) is 4.77. The van der Waals surface area contributed by atoms with Crippen LogP contribution in [0.25, 0.3) is 0 Å². The lowest BCUT2D eigenvalue weighted by Crippen LogP contribution is -2.08. The van der Waals surface area contributed by atoms with Crippen molar-refractivity contribution >= 4 is 23.4 Å². The summed E-state index contributed by atoms with van der Waals surface area (Å²) in [6.07, 6.45) is 1.88. The minimum absolute atomic E-state index is 0.0285. The van der Waals surface area contributed by atoms with Gasteiger partial charge < -0.3 is 9.84 Å². The Bertz CT molecular complexity index is 435. The van der Waals surface area contributed by atoms with Gasteiger partial charge in [-0.25, -0.2) is 4.79 Å². The predicted molar refractivity (Wildman–Crippen MR) is 63.9 cm³/mol. The van der Waals surface area contributed by atoms with Gasteiger partial charge in [0.1, 0.15) is 5.75 Å². The van der Waals surface area contributed by atoms with Crippen molar-refractivity contribution in [2.45, 2.75) is 0 Å². The number of hydrogen-bond acceptors (Lipinski definition) is 5. The van der Waals surface area contributed by atoms with Gasteiger partial charge in [0.25, 0.3) is 5.69 Å². The summed E-state index contributed by atoms with van der Waals surface area (Å²) in [5, 5.41) is 19.7. The quantitative estimate of drug-likeness (QED) is 0.476. The number of nitrogens with zero attached hydrogens (tertiary/aromatic N) is 1. The molecule has 1 aromatic carbocycles. The normalized spacial score (nSPS) is 9.94. The molecule has 1 rings (SSSR count). The molecule has 1 aromatic rings. The molecule has 0 heterocycles. The molecule has 17 heavy (non-hydrogen) atoms. The third-order valence-corrected chi connectivity index (χ3v) is 2.53. The van der Waals surface area contributed by atoms with Crippen molar-refractivity contribution in [2.24, 2.45) is 0 Å². The molecular weight excluding hydrogens is 246 g/mol. The Morgan fingerprint density at radius 3 is 2.82 bits per heavy atom. The first kappa shape index (κ1) is 13.3. The van der Waals surface area contributed by atoms with Crippen LogP contribution in [0.4, 0.5) is 5.69 Å². The van der Waals surface area contributed by atoms with Gasteiger partial charge in [0.2, 0.25) is 0 Å². The highest BCUT2D eigenvalue weighted by Gasteiger charge is 2.24. The molecule has 7 heteroatoms. The number of aromatic carboxylic acids is 1. The molecule has 0 radical (unpaired) electrons. The molecular formula is C10H11NO5S. The first-order valence-corrected chi connectivity index (χ1v) is 6.09. The van der Waals surface area contributed by atoms with Crippen LogP contribution in [-0.2, 0) is 0 Å². The van der Waals surface area contributed by atoms with Crippen molar-refractivity contribution in [1.29, 1.82) is 0 Å². The lowest BCUT2D eigenvalue weighted by atomic mass is 10.1. The molecule has 92 valence electrons. The number of thioether (sulfide) groups is 1. The number of carboxylic acids is 1. The van der Waals surface area contributed by atoms with E-state index < -0.39 is 22.1 Å². The van der Waals surface area contributed by atoms with Gasteiger partial charge in [-0.2, -0.15) is 11.8 Å². The van der Waals surface area contributed by atoms with Crippen molar-refractivity contribution in [3.63, 3.8) is 0 Å². The van der Waals surface area contributed by atoms with Crippen LogP contribution >= 0.6 is 11.8 Å². The second-order valence-corrected chi connectivity index (χ2v) is 4.04. The van der Waals surface area contributed by atoms with Crippen molar-refractivity contribution in [1.82, 2.24) is 0 Å². The SMILES string of the molecule is CSCCOc1cccc([N+](=O)[O-])c1C(=O)O. The topological polar surface area (TPSA) is 89.7 Å². The van der Waals surface area contributed by atoms with E-state index >= 15 is 0 Å². The maximum absolute atomic E-state index is 11.0. The van der Waals surface area contributed by atoms with Gasteiger partial charge in [-0.1, -0.05) is 6.07 Å². The zero-order valence-corrected chi connectivity index (χ0v) is 9.90. The van der Waals surface area contributed by atoms with E-state index in [0.29, 0.717) is 12.4 Å². The highest BCUT2D eigenvalue weighted by atomic mass is 32.2. The molecule has 0 saturated heterocycles. The van der Waals surface area contributed by atoms with E-state index in [1.165, 1.54) is 23.9 Å². The van der Waals surface area contributed by atoms with Gasteiger partial charge in [0, 0.05) is 11.8 Å². The Morgan fingerprint density at radius 1 is 1.59 bits per heavy atom. The van der Waals surface area contributed by atoms with Crippen LogP contribution in [-0.4, -0.2) is 34.6 Å². The molecule has 0 aliphatic carbocycles. The van der Waals surface area contributed by atoms with Crippen LogP contribution < -0.4 is 4.74 Å². The second-order valence-electron chi connectivity index (χ2n) is 3.05. The Balaban J connectivity index is 3.07. The fourth-order valence-electron chi connectivity index (χ4n) is 1.24. The summed E-state index contributed by atoms with van der Waals surface area (Å²) in [6, 6.07) is 3.96. The maximum atomic E-state index is 11.0. The van der Waals surface area contributed by atoms with Crippen LogP contribution in [0.15, 0.2) is 18.2 Å². The number of nitro benzene ring substituents is 1. The lowest BCUT2D eigenvalue weighted by Gasteiger charge is -2.08. The van der Waals surface area contributed by atoms with Crippen molar-refractivity contribution < 1.29 is 19.6 Å². The zero-order valence-electron chi connectivity index (χ0n) is 9.08. The van der Waals surface area contributed by atoms with Crippen molar-refractivity contribution in [3.05, 3.63) is 33.9 Å². The first-order valence-electron chi connectivity index (χ1n) is 4.70. The van der Waals surface area contributed by atoms with Crippen molar-refractivity contribution in [2.75, 3.05) is 18.6 Å². The molecule has 0 amide bonds. The summed E-state index contributed by atoms with van der Waals surface area (Å²) in [6.45, 7) is 0.308. The number of carboxylic acid groups (broad SMARTS) is 1. The largest absolute Gasteiger partial charge is 0.492 e. The molecule has 1 N–H and O–H groups in total. The van der Waals surface area contributed by atoms with Crippen LogP contribution in [0.1, 0.15) is 10.4 Å². The van der Waals surface area contributed by atoms with Gasteiger partial charge in [0.05, 0.1) is 11.5 Å². The molecule has 0 bridgehead atoms. The fourth-order valence-corrected chi connectivity index (χ4v) is 1.49. The highest BCUT2D eigenvalue weighted by Crippen LogP contribution is 2.28. The molecule has 0 aliphatic rings. The molecule has 0 aromatic heterocycles. The minimum atomic E-state index is -1.36. The fraction of sp³-hybridized carbons (Fsp3) is 0.300. The van der Waals surface area contributed by atoms with Gasteiger partial charge in [0.15, 0.2) is 5.56 Å². The van der Waals surface area contributed by atoms with Crippen LogP contribution in [0, 0.1) is 10.1 Å². The summed E-state index contributed by atoms with van der Waals surface area (Å²) in [5.74, 6) is -0.654. The predicted octanol–water partition coefficient (Wildman–Crippen LogP) is 2.03. The average Bonchev–Trinajstić information content (AvgIpc) is 2.28. The first-order chi connectivity index (χ1) is 8.07. The molecule has 0 saturated carbocycles. The standard InChI is InChI=1S/C10H11NO5S/c1-17-6-5-16-8-4-2-3-7(11(14)15)9(8)10(12)13/h2-4H,5-6H2,1H3,(H,12,13). The number of carbonyl (C=O) groups is 1. The Labute approximate surface area is 102 Å². The average molecular weight is 257 g/mol. The van der Waals surface area contributed by atoms with E-state index in [1.807, 2.05) is 6.26 Å².